The molecule has 88 valence electrons. The molecule has 0 aliphatic heterocycles. The molecule has 1 aromatic carbocycles. The number of carbonyl (C=O) groups is 1. The van der Waals surface area contributed by atoms with E-state index in [2.05, 4.69) is 26.0 Å². The van der Waals surface area contributed by atoms with Crippen LogP contribution in [0.1, 0.15) is 10.4 Å². The molecule has 0 saturated heterocycles. The fourth-order valence-electron chi connectivity index (χ4n) is 1.81. The molecule has 0 radical (unpaired) electrons. The predicted octanol–water partition coefficient (Wildman–Crippen LogP) is 3.00. The third kappa shape index (κ3) is 1.82. The molecule has 0 N–H and O–H groups in total. The van der Waals surface area contributed by atoms with E-state index in [0.29, 0.717) is 11.4 Å². The number of fused-ring (bicyclic) bond motifs is 1. The van der Waals surface area contributed by atoms with Crippen molar-refractivity contribution in [1.82, 2.24) is 14.8 Å². The molecule has 0 atom stereocenters. The van der Waals surface area contributed by atoms with Gasteiger partial charge in [0.05, 0.1) is 21.7 Å². The van der Waals surface area contributed by atoms with E-state index in [0.717, 1.165) is 21.7 Å². The Labute approximate surface area is 111 Å². The zero-order valence-corrected chi connectivity index (χ0v) is 10.8. The molecule has 0 spiro atoms. The first-order chi connectivity index (χ1) is 8.78. The Morgan fingerprint density at radius 2 is 2.11 bits per heavy atom. The normalized spacial score (nSPS) is 10.7. The van der Waals surface area contributed by atoms with Crippen LogP contribution >= 0.6 is 15.9 Å². The molecule has 0 aliphatic carbocycles. The van der Waals surface area contributed by atoms with Crippen LogP contribution in [0.3, 0.4) is 0 Å². The third-order valence-electron chi connectivity index (χ3n) is 2.63. The zero-order valence-electron chi connectivity index (χ0n) is 9.25. The van der Waals surface area contributed by atoms with Crippen molar-refractivity contribution in [3.63, 3.8) is 0 Å². The van der Waals surface area contributed by atoms with Crippen LogP contribution in [0.15, 0.2) is 47.2 Å². The van der Waals surface area contributed by atoms with Crippen molar-refractivity contribution in [2.45, 2.75) is 0 Å². The van der Waals surface area contributed by atoms with Crippen molar-refractivity contribution in [1.29, 1.82) is 0 Å². The first-order valence-corrected chi connectivity index (χ1v) is 6.13. The third-order valence-corrected chi connectivity index (χ3v) is 3.04. The summed E-state index contributed by atoms with van der Waals surface area (Å²) in [5, 5.41) is 5.09. The van der Waals surface area contributed by atoms with Gasteiger partial charge in [0.15, 0.2) is 12.1 Å². The van der Waals surface area contributed by atoms with Crippen LogP contribution in [0.4, 0.5) is 0 Å². The van der Waals surface area contributed by atoms with E-state index >= 15 is 0 Å². The van der Waals surface area contributed by atoms with Crippen molar-refractivity contribution in [3.05, 3.63) is 52.8 Å². The molecule has 18 heavy (non-hydrogen) atoms. The number of nitrogens with zero attached hydrogens (tertiary/aromatic N) is 3. The number of aldehydes is 1. The molecule has 0 fully saturated rings. The maximum Gasteiger partial charge on any atom is 0.164 e. The Morgan fingerprint density at radius 1 is 1.28 bits per heavy atom. The summed E-state index contributed by atoms with van der Waals surface area (Å²) in [6.45, 7) is 0. The van der Waals surface area contributed by atoms with Crippen LogP contribution in [-0.2, 0) is 0 Å². The SMILES string of the molecule is O=Cc1cc2ccccc2nc1-n1cc(Br)cn1. The van der Waals surface area contributed by atoms with E-state index < -0.39 is 0 Å². The topological polar surface area (TPSA) is 47.8 Å². The van der Waals surface area contributed by atoms with Gasteiger partial charge in [-0.05, 0) is 28.1 Å². The minimum atomic E-state index is 0.518. The molecule has 0 saturated carbocycles. The lowest BCUT2D eigenvalue weighted by Gasteiger charge is -2.06. The predicted molar refractivity (Wildman–Crippen MR) is 72.0 cm³/mol. The van der Waals surface area contributed by atoms with E-state index in [-0.39, 0.29) is 0 Å². The first-order valence-electron chi connectivity index (χ1n) is 5.33. The summed E-state index contributed by atoms with van der Waals surface area (Å²) in [6, 6.07) is 9.49. The molecular weight excluding hydrogens is 294 g/mol. The van der Waals surface area contributed by atoms with Gasteiger partial charge in [-0.15, -0.1) is 0 Å². The van der Waals surface area contributed by atoms with E-state index in [1.807, 2.05) is 30.3 Å². The first kappa shape index (κ1) is 11.1. The number of aromatic nitrogens is 3. The molecule has 5 heteroatoms. The Hall–Kier alpha value is -2.01. The molecule has 4 nitrogen and oxygen atoms in total. The van der Waals surface area contributed by atoms with Gasteiger partial charge in [-0.1, -0.05) is 18.2 Å². The van der Waals surface area contributed by atoms with Crippen LogP contribution < -0.4 is 0 Å². The number of halogens is 1. The molecule has 0 bridgehead atoms. The number of pyridine rings is 1. The Kier molecular flexibility index (Phi) is 2.68. The number of para-hydroxylation sites is 1. The molecule has 3 aromatic rings. The molecule has 3 rings (SSSR count). The number of carbonyl (C=O) groups excluding carboxylic acids is 1. The zero-order chi connectivity index (χ0) is 12.5. The van der Waals surface area contributed by atoms with Gasteiger partial charge in [-0.2, -0.15) is 5.10 Å². The van der Waals surface area contributed by atoms with Gasteiger partial charge in [-0.25, -0.2) is 9.67 Å². The second-order valence-corrected chi connectivity index (χ2v) is 4.73. The average molecular weight is 302 g/mol. The molecule has 2 heterocycles. The highest BCUT2D eigenvalue weighted by atomic mass is 79.9. The number of rotatable bonds is 2. The number of hydrogen-bond acceptors (Lipinski definition) is 3. The summed E-state index contributed by atoms with van der Waals surface area (Å²) in [5.74, 6) is 0.536. The van der Waals surface area contributed by atoms with E-state index in [1.54, 1.807) is 17.1 Å². The standard InChI is InChI=1S/C13H8BrN3O/c14-11-6-15-17(7-11)13-10(8-18)5-9-3-1-2-4-12(9)16-13/h1-8H. The highest BCUT2D eigenvalue weighted by Crippen LogP contribution is 2.19. The molecular formula is C13H8BrN3O. The van der Waals surface area contributed by atoms with Crippen molar-refractivity contribution in [2.24, 2.45) is 0 Å². The highest BCUT2D eigenvalue weighted by molar-refractivity contribution is 9.10. The summed E-state index contributed by atoms with van der Waals surface area (Å²) in [5.41, 5.74) is 1.36. The second kappa shape index (κ2) is 4.34. The second-order valence-electron chi connectivity index (χ2n) is 3.81. The summed E-state index contributed by atoms with van der Waals surface area (Å²) < 4.78 is 2.43. The van der Waals surface area contributed by atoms with Crippen LogP contribution in [0.25, 0.3) is 16.7 Å². The quantitative estimate of drug-likeness (QED) is 0.684. The van der Waals surface area contributed by atoms with Gasteiger partial charge in [0.1, 0.15) is 0 Å². The van der Waals surface area contributed by atoms with E-state index in [1.165, 1.54) is 0 Å². The summed E-state index contributed by atoms with van der Waals surface area (Å²) in [4.78, 5) is 15.6. The van der Waals surface area contributed by atoms with Gasteiger partial charge in [0, 0.05) is 11.6 Å². The highest BCUT2D eigenvalue weighted by Gasteiger charge is 2.09. The van der Waals surface area contributed by atoms with Crippen molar-refractivity contribution >= 4 is 33.1 Å². The summed E-state index contributed by atoms with van der Waals surface area (Å²) in [7, 11) is 0. The molecule has 0 unspecified atom stereocenters. The van der Waals surface area contributed by atoms with E-state index in [9.17, 15) is 4.79 Å². The average Bonchev–Trinajstić information content (AvgIpc) is 2.83. The lowest BCUT2D eigenvalue weighted by molar-refractivity contribution is 0.112. The van der Waals surface area contributed by atoms with Crippen molar-refractivity contribution in [3.8, 4) is 5.82 Å². The van der Waals surface area contributed by atoms with Gasteiger partial charge in [0.2, 0.25) is 0 Å². The van der Waals surface area contributed by atoms with Gasteiger partial charge in [-0.3, -0.25) is 4.79 Å². The maximum absolute atomic E-state index is 11.2. The van der Waals surface area contributed by atoms with E-state index in [4.69, 9.17) is 0 Å². The van der Waals surface area contributed by atoms with Gasteiger partial charge < -0.3 is 0 Å². The van der Waals surface area contributed by atoms with Crippen molar-refractivity contribution in [2.75, 3.05) is 0 Å². The van der Waals surface area contributed by atoms with Gasteiger partial charge in [0.25, 0.3) is 0 Å². The lowest BCUT2D eigenvalue weighted by atomic mass is 10.1. The Bertz CT molecular complexity index is 736. The number of benzene rings is 1. The minimum absolute atomic E-state index is 0.518. The summed E-state index contributed by atoms with van der Waals surface area (Å²) >= 11 is 3.33. The molecule has 0 aliphatic rings. The smallest absolute Gasteiger partial charge is 0.164 e. The monoisotopic (exact) mass is 301 g/mol. The summed E-state index contributed by atoms with van der Waals surface area (Å²) in [6.07, 6.45) is 4.22. The fraction of sp³-hybridized carbons (Fsp3) is 0. The van der Waals surface area contributed by atoms with Crippen molar-refractivity contribution < 1.29 is 4.79 Å². The maximum atomic E-state index is 11.2. The van der Waals surface area contributed by atoms with Crippen LogP contribution in [0, 0.1) is 0 Å². The van der Waals surface area contributed by atoms with Crippen LogP contribution in [0.5, 0.6) is 0 Å². The van der Waals surface area contributed by atoms with Crippen LogP contribution in [-0.4, -0.2) is 21.1 Å². The Morgan fingerprint density at radius 3 is 2.83 bits per heavy atom. The molecule has 2 aromatic heterocycles. The minimum Gasteiger partial charge on any atom is -0.298 e. The van der Waals surface area contributed by atoms with Gasteiger partial charge >= 0.3 is 0 Å². The largest absolute Gasteiger partial charge is 0.298 e. The Balaban J connectivity index is 2.30. The fourth-order valence-corrected chi connectivity index (χ4v) is 2.09. The van der Waals surface area contributed by atoms with Crippen LogP contribution in [0.2, 0.25) is 0 Å². The number of hydrogen-bond donors (Lipinski definition) is 0. The molecule has 0 amide bonds. The lowest BCUT2D eigenvalue weighted by Crippen LogP contribution is -2.03.